The molecule has 6 heteroatoms. The molecule has 2 rings (SSSR count). The number of nitrogens with zero attached hydrogens (tertiary/aromatic N) is 1. The molecule has 0 amide bonds. The number of hydrogen-bond donors (Lipinski definition) is 2. The van der Waals surface area contributed by atoms with Gasteiger partial charge in [0.1, 0.15) is 0 Å². The summed E-state index contributed by atoms with van der Waals surface area (Å²) in [6, 6.07) is 9.10. The molecule has 0 aliphatic carbocycles. The lowest BCUT2D eigenvalue weighted by Crippen LogP contribution is -2.30. The summed E-state index contributed by atoms with van der Waals surface area (Å²) < 4.78 is 5.25. The van der Waals surface area contributed by atoms with Crippen molar-refractivity contribution in [3.8, 4) is 5.88 Å². The Morgan fingerprint density at radius 3 is 2.80 bits per heavy atom. The smallest absolute Gasteiger partial charge is 0.217 e. The second-order valence-corrected chi connectivity index (χ2v) is 5.02. The number of benzene rings is 1. The predicted octanol–water partition coefficient (Wildman–Crippen LogP) is 3.14. The summed E-state index contributed by atoms with van der Waals surface area (Å²) in [5, 5.41) is 1.07. The van der Waals surface area contributed by atoms with Gasteiger partial charge in [-0.15, -0.1) is 0 Å². The van der Waals surface area contributed by atoms with Crippen LogP contribution < -0.4 is 16.0 Å². The summed E-state index contributed by atoms with van der Waals surface area (Å²) in [4.78, 5) is 4.17. The monoisotopic (exact) mass is 311 g/mol. The summed E-state index contributed by atoms with van der Waals surface area (Å²) in [6.45, 7) is 0. The van der Waals surface area contributed by atoms with Crippen LogP contribution in [0.25, 0.3) is 0 Å². The highest BCUT2D eigenvalue weighted by molar-refractivity contribution is 6.42. The lowest BCUT2D eigenvalue weighted by atomic mass is 10.00. The van der Waals surface area contributed by atoms with Crippen molar-refractivity contribution in [1.82, 2.24) is 10.4 Å². The third-order valence-corrected chi connectivity index (χ3v) is 3.88. The van der Waals surface area contributed by atoms with Gasteiger partial charge in [-0.2, -0.15) is 0 Å². The quantitative estimate of drug-likeness (QED) is 0.658. The molecule has 0 fully saturated rings. The van der Waals surface area contributed by atoms with Crippen molar-refractivity contribution in [2.24, 2.45) is 5.84 Å². The van der Waals surface area contributed by atoms with Crippen molar-refractivity contribution < 1.29 is 4.74 Å². The van der Waals surface area contributed by atoms with Gasteiger partial charge in [-0.3, -0.25) is 11.3 Å². The maximum atomic E-state index is 6.21. The molecule has 1 heterocycles. The zero-order valence-electron chi connectivity index (χ0n) is 10.9. The van der Waals surface area contributed by atoms with E-state index in [0.29, 0.717) is 22.3 Å². The Kier molecular flexibility index (Phi) is 5.20. The molecular weight excluding hydrogens is 297 g/mol. The Balaban J connectivity index is 2.31. The van der Waals surface area contributed by atoms with E-state index in [0.717, 1.165) is 11.1 Å². The maximum absolute atomic E-state index is 6.21. The second kappa shape index (κ2) is 6.90. The van der Waals surface area contributed by atoms with E-state index in [-0.39, 0.29) is 6.04 Å². The first-order chi connectivity index (χ1) is 9.67. The van der Waals surface area contributed by atoms with Crippen LogP contribution in [-0.2, 0) is 6.42 Å². The number of nitrogens with two attached hydrogens (primary N) is 1. The minimum atomic E-state index is -0.172. The van der Waals surface area contributed by atoms with Crippen LogP contribution in [0.3, 0.4) is 0 Å². The van der Waals surface area contributed by atoms with E-state index in [2.05, 4.69) is 10.4 Å². The van der Waals surface area contributed by atoms with Crippen molar-refractivity contribution in [1.29, 1.82) is 0 Å². The van der Waals surface area contributed by atoms with E-state index in [1.54, 1.807) is 19.4 Å². The van der Waals surface area contributed by atoms with Gasteiger partial charge in [0.05, 0.1) is 23.2 Å². The molecule has 0 saturated carbocycles. The van der Waals surface area contributed by atoms with Gasteiger partial charge in [-0.05, 0) is 24.1 Å². The first-order valence-corrected chi connectivity index (χ1v) is 6.81. The van der Waals surface area contributed by atoms with Gasteiger partial charge in [0.2, 0.25) is 5.88 Å². The van der Waals surface area contributed by atoms with Crippen LogP contribution in [-0.4, -0.2) is 12.1 Å². The fourth-order valence-corrected chi connectivity index (χ4v) is 2.42. The molecule has 1 aromatic heterocycles. The van der Waals surface area contributed by atoms with Crippen LogP contribution in [0.1, 0.15) is 17.2 Å². The van der Waals surface area contributed by atoms with Crippen molar-refractivity contribution in [2.45, 2.75) is 12.5 Å². The van der Waals surface area contributed by atoms with Crippen LogP contribution >= 0.6 is 23.2 Å². The molecule has 3 N–H and O–H groups in total. The summed E-state index contributed by atoms with van der Waals surface area (Å²) >= 11 is 12.2. The van der Waals surface area contributed by atoms with E-state index >= 15 is 0 Å². The van der Waals surface area contributed by atoms with Crippen LogP contribution in [0.5, 0.6) is 5.88 Å². The third kappa shape index (κ3) is 3.22. The van der Waals surface area contributed by atoms with E-state index in [1.807, 2.05) is 24.3 Å². The zero-order chi connectivity index (χ0) is 14.5. The zero-order valence-corrected chi connectivity index (χ0v) is 12.4. The van der Waals surface area contributed by atoms with E-state index in [9.17, 15) is 0 Å². The second-order valence-electron chi connectivity index (χ2n) is 4.24. The fourth-order valence-electron chi connectivity index (χ4n) is 2.02. The molecule has 2 aromatic rings. The number of pyridine rings is 1. The number of hydrogen-bond acceptors (Lipinski definition) is 4. The summed E-state index contributed by atoms with van der Waals surface area (Å²) in [5.41, 5.74) is 4.55. The van der Waals surface area contributed by atoms with Gasteiger partial charge in [-0.25, -0.2) is 4.98 Å². The Hall–Kier alpha value is -1.33. The van der Waals surface area contributed by atoms with E-state index < -0.39 is 0 Å². The number of aromatic nitrogens is 1. The molecule has 106 valence electrons. The van der Waals surface area contributed by atoms with Crippen LogP contribution in [0.4, 0.5) is 0 Å². The fraction of sp³-hybridized carbons (Fsp3) is 0.214. The lowest BCUT2D eigenvalue weighted by molar-refractivity contribution is 0.382. The Morgan fingerprint density at radius 1 is 1.30 bits per heavy atom. The first-order valence-electron chi connectivity index (χ1n) is 6.05. The Labute approximate surface area is 127 Å². The summed E-state index contributed by atoms with van der Waals surface area (Å²) in [7, 11) is 1.58. The number of nitrogens with one attached hydrogen (secondary N) is 1. The molecule has 1 atom stereocenters. The summed E-state index contributed by atoms with van der Waals surface area (Å²) in [6.07, 6.45) is 2.25. The molecule has 0 bridgehead atoms. The van der Waals surface area contributed by atoms with Crippen LogP contribution in [0.2, 0.25) is 10.0 Å². The van der Waals surface area contributed by atoms with Crippen LogP contribution in [0, 0.1) is 0 Å². The van der Waals surface area contributed by atoms with Gasteiger partial charge in [0.15, 0.2) is 0 Å². The average Bonchev–Trinajstić information content (AvgIpc) is 2.49. The molecule has 0 aliphatic rings. The molecule has 0 aliphatic heterocycles. The third-order valence-electron chi connectivity index (χ3n) is 3.03. The Morgan fingerprint density at radius 2 is 2.10 bits per heavy atom. The topological polar surface area (TPSA) is 60.2 Å². The van der Waals surface area contributed by atoms with Gasteiger partial charge >= 0.3 is 0 Å². The Bertz CT molecular complexity index is 592. The first kappa shape index (κ1) is 15.1. The lowest BCUT2D eigenvalue weighted by Gasteiger charge is -2.19. The van der Waals surface area contributed by atoms with Gasteiger partial charge in [0, 0.05) is 11.8 Å². The molecule has 0 radical (unpaired) electrons. The van der Waals surface area contributed by atoms with Gasteiger partial charge in [-0.1, -0.05) is 41.4 Å². The minimum Gasteiger partial charge on any atom is -0.481 e. The van der Waals surface area contributed by atoms with Crippen molar-refractivity contribution in [3.63, 3.8) is 0 Å². The van der Waals surface area contributed by atoms with Gasteiger partial charge < -0.3 is 4.74 Å². The maximum Gasteiger partial charge on any atom is 0.217 e. The van der Waals surface area contributed by atoms with Gasteiger partial charge in [0.25, 0.3) is 0 Å². The minimum absolute atomic E-state index is 0.172. The van der Waals surface area contributed by atoms with Crippen LogP contribution in [0.15, 0.2) is 36.5 Å². The molecule has 1 aromatic carbocycles. The number of hydrazine groups is 1. The SMILES string of the molecule is COc1ncccc1C(Cc1cccc(Cl)c1Cl)NN. The molecule has 1 unspecified atom stereocenters. The number of rotatable bonds is 5. The predicted molar refractivity (Wildman–Crippen MR) is 81.0 cm³/mol. The highest BCUT2D eigenvalue weighted by Gasteiger charge is 2.18. The number of methoxy groups -OCH3 is 1. The van der Waals surface area contributed by atoms with Crippen molar-refractivity contribution in [3.05, 3.63) is 57.7 Å². The molecular formula is C14H15Cl2N3O. The average molecular weight is 312 g/mol. The van der Waals surface area contributed by atoms with Crippen molar-refractivity contribution >= 4 is 23.2 Å². The normalized spacial score (nSPS) is 12.2. The highest BCUT2D eigenvalue weighted by atomic mass is 35.5. The van der Waals surface area contributed by atoms with E-state index in [4.69, 9.17) is 33.8 Å². The molecule has 20 heavy (non-hydrogen) atoms. The van der Waals surface area contributed by atoms with Crippen molar-refractivity contribution in [2.75, 3.05) is 7.11 Å². The summed E-state index contributed by atoms with van der Waals surface area (Å²) in [5.74, 6) is 6.19. The molecule has 0 saturated heterocycles. The van der Waals surface area contributed by atoms with E-state index in [1.165, 1.54) is 0 Å². The number of ether oxygens (including phenoxy) is 1. The molecule has 0 spiro atoms. The largest absolute Gasteiger partial charge is 0.481 e. The number of halogens is 2. The molecule has 4 nitrogen and oxygen atoms in total. The standard InChI is InChI=1S/C14H15Cl2N3O/c1-20-14-10(5-3-7-18-14)12(19-17)8-9-4-2-6-11(15)13(9)16/h2-7,12,19H,8,17H2,1H3. The highest BCUT2D eigenvalue weighted by Crippen LogP contribution is 2.31.